The van der Waals surface area contributed by atoms with Crippen molar-refractivity contribution in [3.8, 4) is 0 Å². The van der Waals surface area contributed by atoms with Crippen molar-refractivity contribution in [2.75, 3.05) is 0 Å². The average molecular weight is 348 g/mol. The molecule has 7 heteroatoms. The molecule has 0 aliphatic carbocycles. The molecule has 0 bridgehead atoms. The Morgan fingerprint density at radius 3 is 2.96 bits per heavy atom. The molecule has 1 aromatic heterocycles. The summed E-state index contributed by atoms with van der Waals surface area (Å²) in [6, 6.07) is 7.39. The van der Waals surface area contributed by atoms with Gasteiger partial charge in [0, 0.05) is 11.4 Å². The van der Waals surface area contributed by atoms with Crippen LogP contribution in [0.1, 0.15) is 37.5 Å². The minimum atomic E-state index is -0.515. The van der Waals surface area contributed by atoms with Crippen molar-refractivity contribution in [3.05, 3.63) is 46.5 Å². The monoisotopic (exact) mass is 347 g/mol. The molecule has 2 amide bonds. The van der Waals surface area contributed by atoms with Crippen LogP contribution in [0.2, 0.25) is 5.02 Å². The van der Waals surface area contributed by atoms with Crippen molar-refractivity contribution in [3.63, 3.8) is 0 Å². The summed E-state index contributed by atoms with van der Waals surface area (Å²) in [5.74, 6) is 1.77. The van der Waals surface area contributed by atoms with E-state index in [-0.39, 0.29) is 12.1 Å². The highest BCUT2D eigenvalue weighted by molar-refractivity contribution is 6.30. The predicted molar refractivity (Wildman–Crippen MR) is 93.0 cm³/mol. The number of nitrogens with zero attached hydrogens (tertiary/aromatic N) is 3. The Bertz CT molecular complexity index is 755. The Hall–Kier alpha value is -2.08. The molecule has 0 saturated heterocycles. The zero-order valence-corrected chi connectivity index (χ0v) is 14.9. The lowest BCUT2D eigenvalue weighted by Crippen LogP contribution is -2.51. The predicted octanol–water partition coefficient (Wildman–Crippen LogP) is 2.79. The van der Waals surface area contributed by atoms with Crippen molar-refractivity contribution in [2.24, 2.45) is 0 Å². The number of urea groups is 1. The van der Waals surface area contributed by atoms with Crippen LogP contribution in [0.15, 0.2) is 24.3 Å². The van der Waals surface area contributed by atoms with Gasteiger partial charge < -0.3 is 10.6 Å². The first-order chi connectivity index (χ1) is 11.3. The average Bonchev–Trinajstić information content (AvgIpc) is 2.86. The van der Waals surface area contributed by atoms with Gasteiger partial charge in [0.2, 0.25) is 0 Å². The van der Waals surface area contributed by atoms with Crippen LogP contribution in [-0.4, -0.2) is 26.8 Å². The summed E-state index contributed by atoms with van der Waals surface area (Å²) in [5.41, 5.74) is 0.446. The second kappa shape index (κ2) is 6.43. The van der Waals surface area contributed by atoms with Crippen molar-refractivity contribution in [1.82, 2.24) is 25.4 Å². The summed E-state index contributed by atoms with van der Waals surface area (Å²) >= 11 is 6.05. The first-order valence-electron chi connectivity index (χ1n) is 8.08. The number of aryl methyl sites for hydroxylation is 2. The number of nitrogens with one attached hydrogen (secondary N) is 2. The molecule has 3 rings (SSSR count). The first kappa shape index (κ1) is 16.8. The molecule has 2 aromatic rings. The minimum Gasteiger partial charge on any atom is -0.334 e. The number of hydrogen-bond donors (Lipinski definition) is 2. The number of carbonyl (C=O) groups excluding carboxylic acids is 1. The topological polar surface area (TPSA) is 71.8 Å². The van der Waals surface area contributed by atoms with Crippen LogP contribution >= 0.6 is 11.6 Å². The van der Waals surface area contributed by atoms with Crippen LogP contribution in [0.3, 0.4) is 0 Å². The fourth-order valence-corrected chi connectivity index (χ4v) is 3.20. The standard InChI is InChI=1S/C17H22ClN5O/c1-11-19-15-8-7-14(10-23(15)22-11)20-16(24)21-17(2,3)12-5-4-6-13(18)9-12/h4-6,9,14H,7-8,10H2,1-3H3,(H2,20,21,24). The highest BCUT2D eigenvalue weighted by Gasteiger charge is 2.26. The van der Waals surface area contributed by atoms with Gasteiger partial charge in [-0.2, -0.15) is 5.10 Å². The number of halogens is 1. The third-order valence-electron chi connectivity index (χ3n) is 4.27. The van der Waals surface area contributed by atoms with Crippen LogP contribution in [-0.2, 0) is 18.5 Å². The van der Waals surface area contributed by atoms with Gasteiger partial charge >= 0.3 is 6.03 Å². The van der Waals surface area contributed by atoms with Gasteiger partial charge in [-0.05, 0) is 44.9 Å². The normalized spacial score (nSPS) is 17.2. The Labute approximate surface area is 146 Å². The summed E-state index contributed by atoms with van der Waals surface area (Å²) < 4.78 is 1.88. The lowest BCUT2D eigenvalue weighted by Gasteiger charge is -2.30. The summed E-state index contributed by atoms with van der Waals surface area (Å²) in [4.78, 5) is 16.8. The van der Waals surface area contributed by atoms with Gasteiger partial charge in [-0.1, -0.05) is 23.7 Å². The molecule has 1 aliphatic rings. The van der Waals surface area contributed by atoms with E-state index >= 15 is 0 Å². The Morgan fingerprint density at radius 2 is 2.21 bits per heavy atom. The van der Waals surface area contributed by atoms with E-state index in [1.807, 2.05) is 49.7 Å². The molecule has 1 unspecified atom stereocenters. The third-order valence-corrected chi connectivity index (χ3v) is 4.51. The van der Waals surface area contributed by atoms with Gasteiger partial charge in [-0.3, -0.25) is 0 Å². The third kappa shape index (κ3) is 3.70. The minimum absolute atomic E-state index is 0.0498. The van der Waals surface area contributed by atoms with Gasteiger partial charge in [0.25, 0.3) is 0 Å². The molecule has 6 nitrogen and oxygen atoms in total. The van der Waals surface area contributed by atoms with E-state index in [1.165, 1.54) is 0 Å². The Kier molecular flexibility index (Phi) is 4.49. The van der Waals surface area contributed by atoms with Crippen LogP contribution in [0.5, 0.6) is 0 Å². The molecule has 0 fully saturated rings. The van der Waals surface area contributed by atoms with Crippen LogP contribution < -0.4 is 10.6 Å². The zero-order valence-electron chi connectivity index (χ0n) is 14.1. The molecule has 0 spiro atoms. The van der Waals surface area contributed by atoms with Gasteiger partial charge in [0.05, 0.1) is 18.1 Å². The summed E-state index contributed by atoms with van der Waals surface area (Å²) in [6.45, 7) is 6.45. The quantitative estimate of drug-likeness (QED) is 0.896. The summed E-state index contributed by atoms with van der Waals surface area (Å²) in [6.07, 6.45) is 1.69. The maximum atomic E-state index is 12.4. The second-order valence-electron chi connectivity index (χ2n) is 6.73. The number of carbonyl (C=O) groups is 1. The largest absolute Gasteiger partial charge is 0.334 e. The molecule has 24 heavy (non-hydrogen) atoms. The smallest absolute Gasteiger partial charge is 0.315 e. The van der Waals surface area contributed by atoms with E-state index < -0.39 is 5.54 Å². The van der Waals surface area contributed by atoms with Crippen molar-refractivity contribution >= 4 is 17.6 Å². The molecule has 2 N–H and O–H groups in total. The fourth-order valence-electron chi connectivity index (χ4n) is 3.01. The molecule has 128 valence electrons. The lowest BCUT2D eigenvalue weighted by molar-refractivity contribution is 0.221. The fraction of sp³-hybridized carbons (Fsp3) is 0.471. The van der Waals surface area contributed by atoms with Crippen molar-refractivity contribution in [2.45, 2.75) is 51.7 Å². The van der Waals surface area contributed by atoms with Gasteiger partial charge in [0.1, 0.15) is 11.6 Å². The molecule has 0 saturated carbocycles. The maximum absolute atomic E-state index is 12.4. The number of rotatable bonds is 3. The molecule has 1 aliphatic heterocycles. The second-order valence-corrected chi connectivity index (χ2v) is 7.16. The van der Waals surface area contributed by atoms with E-state index in [9.17, 15) is 4.79 Å². The first-order valence-corrected chi connectivity index (χ1v) is 8.46. The molecule has 2 heterocycles. The van der Waals surface area contributed by atoms with E-state index in [4.69, 9.17) is 11.6 Å². The Morgan fingerprint density at radius 1 is 1.42 bits per heavy atom. The van der Waals surface area contributed by atoms with Crippen LogP contribution in [0, 0.1) is 6.92 Å². The van der Waals surface area contributed by atoms with E-state index in [2.05, 4.69) is 20.7 Å². The van der Waals surface area contributed by atoms with E-state index in [0.29, 0.717) is 11.6 Å². The van der Waals surface area contributed by atoms with Gasteiger partial charge in [-0.15, -0.1) is 0 Å². The number of aromatic nitrogens is 3. The number of benzene rings is 1. The zero-order chi connectivity index (χ0) is 17.3. The molecule has 1 atom stereocenters. The highest BCUT2D eigenvalue weighted by atomic mass is 35.5. The number of amides is 2. The highest BCUT2D eigenvalue weighted by Crippen LogP contribution is 2.23. The van der Waals surface area contributed by atoms with Gasteiger partial charge in [0.15, 0.2) is 0 Å². The number of fused-ring (bicyclic) bond motifs is 1. The van der Waals surface area contributed by atoms with E-state index in [1.54, 1.807) is 0 Å². The van der Waals surface area contributed by atoms with Crippen molar-refractivity contribution < 1.29 is 4.79 Å². The summed E-state index contributed by atoms with van der Waals surface area (Å²) in [5, 5.41) is 11.1. The molecule has 0 radical (unpaired) electrons. The summed E-state index contributed by atoms with van der Waals surface area (Å²) in [7, 11) is 0. The lowest BCUT2D eigenvalue weighted by atomic mass is 9.94. The van der Waals surface area contributed by atoms with Crippen LogP contribution in [0.25, 0.3) is 0 Å². The molecular weight excluding hydrogens is 326 g/mol. The van der Waals surface area contributed by atoms with Gasteiger partial charge in [-0.25, -0.2) is 14.5 Å². The SMILES string of the molecule is Cc1nc2n(n1)CC(NC(=O)NC(C)(C)c1cccc(Cl)c1)CC2. The Balaban J connectivity index is 1.61. The van der Waals surface area contributed by atoms with Crippen LogP contribution in [0.4, 0.5) is 4.79 Å². The van der Waals surface area contributed by atoms with E-state index in [0.717, 1.165) is 30.1 Å². The number of hydrogen-bond acceptors (Lipinski definition) is 3. The maximum Gasteiger partial charge on any atom is 0.315 e. The molecule has 1 aromatic carbocycles. The van der Waals surface area contributed by atoms with Crippen molar-refractivity contribution in [1.29, 1.82) is 0 Å². The molecular formula is C17H22ClN5O.